The fourth-order valence-electron chi connectivity index (χ4n) is 2.19. The first kappa shape index (κ1) is 9.93. The van der Waals surface area contributed by atoms with Gasteiger partial charge in [-0.3, -0.25) is 4.79 Å². The molecule has 80 valence electrons. The molecule has 1 spiro atoms. The lowest BCUT2D eigenvalue weighted by Crippen LogP contribution is -2.44. The third kappa shape index (κ3) is 1.77. The molecule has 1 saturated heterocycles. The Hall–Kier alpha value is -0.610. The van der Waals surface area contributed by atoms with Crippen LogP contribution in [0.15, 0.2) is 0 Å². The summed E-state index contributed by atoms with van der Waals surface area (Å²) in [5.74, 6) is -0.0635. The van der Waals surface area contributed by atoms with Gasteiger partial charge in [0.2, 0.25) is 0 Å². The van der Waals surface area contributed by atoms with E-state index in [1.807, 2.05) is 0 Å². The highest BCUT2D eigenvalue weighted by Crippen LogP contribution is 2.48. The third-order valence-corrected chi connectivity index (χ3v) is 3.32. The molecule has 0 aromatic heterocycles. The second-order valence-corrected chi connectivity index (χ2v) is 4.33. The van der Waals surface area contributed by atoms with E-state index in [0.717, 1.165) is 32.3 Å². The van der Waals surface area contributed by atoms with Gasteiger partial charge in [0.15, 0.2) is 0 Å². The van der Waals surface area contributed by atoms with E-state index in [1.165, 1.54) is 7.11 Å². The molecular weight excluding hydrogens is 182 g/mol. The van der Waals surface area contributed by atoms with E-state index < -0.39 is 6.04 Å². The van der Waals surface area contributed by atoms with Crippen LogP contribution < -0.4 is 5.73 Å². The number of carbonyl (C=O) groups excluding carboxylic acids is 1. The van der Waals surface area contributed by atoms with Crippen molar-refractivity contribution in [2.45, 2.75) is 37.3 Å². The number of nitrogens with two attached hydrogens (primary N) is 1. The monoisotopic (exact) mass is 199 g/mol. The molecule has 0 amide bonds. The second kappa shape index (κ2) is 3.51. The van der Waals surface area contributed by atoms with Gasteiger partial charge in [0.25, 0.3) is 0 Å². The molecule has 2 rings (SSSR count). The Balaban J connectivity index is 1.93. The summed E-state index contributed by atoms with van der Waals surface area (Å²) in [5, 5.41) is 0. The van der Waals surface area contributed by atoms with Gasteiger partial charge in [-0.1, -0.05) is 0 Å². The maximum atomic E-state index is 11.3. The first-order valence-electron chi connectivity index (χ1n) is 5.14. The molecule has 0 aromatic rings. The Kier molecular flexibility index (Phi) is 2.49. The van der Waals surface area contributed by atoms with Crippen LogP contribution in [-0.2, 0) is 14.3 Å². The lowest BCUT2D eigenvalue weighted by molar-refractivity contribution is -0.145. The van der Waals surface area contributed by atoms with Crippen LogP contribution in [0.3, 0.4) is 0 Å². The molecule has 2 unspecified atom stereocenters. The number of hydrogen-bond acceptors (Lipinski definition) is 4. The van der Waals surface area contributed by atoms with Crippen LogP contribution in [0.2, 0.25) is 0 Å². The summed E-state index contributed by atoms with van der Waals surface area (Å²) >= 11 is 0. The van der Waals surface area contributed by atoms with Crippen LogP contribution in [0.1, 0.15) is 25.7 Å². The maximum absolute atomic E-state index is 11.3. The molecule has 0 aromatic carbocycles. The SMILES string of the molecule is COC(=O)C(N)C1CCOC2(CC2)C1. The molecule has 0 radical (unpaired) electrons. The van der Waals surface area contributed by atoms with Crippen molar-refractivity contribution in [2.75, 3.05) is 13.7 Å². The van der Waals surface area contributed by atoms with Crippen LogP contribution >= 0.6 is 0 Å². The first-order valence-corrected chi connectivity index (χ1v) is 5.14. The quantitative estimate of drug-likeness (QED) is 0.656. The Morgan fingerprint density at radius 3 is 2.93 bits per heavy atom. The van der Waals surface area contributed by atoms with Gasteiger partial charge in [-0.15, -0.1) is 0 Å². The molecule has 2 atom stereocenters. The van der Waals surface area contributed by atoms with Gasteiger partial charge >= 0.3 is 5.97 Å². The molecule has 1 saturated carbocycles. The average molecular weight is 199 g/mol. The van der Waals surface area contributed by atoms with Crippen molar-refractivity contribution >= 4 is 5.97 Å². The van der Waals surface area contributed by atoms with Gasteiger partial charge in [-0.2, -0.15) is 0 Å². The number of carbonyl (C=O) groups is 1. The summed E-state index contributed by atoms with van der Waals surface area (Å²) in [6.07, 6.45) is 4.04. The van der Waals surface area contributed by atoms with Crippen LogP contribution in [-0.4, -0.2) is 31.3 Å². The van der Waals surface area contributed by atoms with E-state index in [1.54, 1.807) is 0 Å². The molecule has 4 nitrogen and oxygen atoms in total. The van der Waals surface area contributed by atoms with Gasteiger partial charge in [-0.05, 0) is 31.6 Å². The zero-order chi connectivity index (χ0) is 10.2. The van der Waals surface area contributed by atoms with Crippen LogP contribution in [0.4, 0.5) is 0 Å². The number of hydrogen-bond donors (Lipinski definition) is 1. The van der Waals surface area contributed by atoms with E-state index in [4.69, 9.17) is 10.5 Å². The van der Waals surface area contributed by atoms with Crippen molar-refractivity contribution < 1.29 is 14.3 Å². The minimum atomic E-state index is -0.471. The summed E-state index contributed by atoms with van der Waals surface area (Å²) in [6.45, 7) is 0.732. The highest BCUT2D eigenvalue weighted by Gasteiger charge is 2.49. The fraction of sp³-hybridized carbons (Fsp3) is 0.900. The highest BCUT2D eigenvalue weighted by molar-refractivity contribution is 5.75. The second-order valence-electron chi connectivity index (χ2n) is 4.33. The summed E-state index contributed by atoms with van der Waals surface area (Å²) in [5.41, 5.74) is 5.90. The lowest BCUT2D eigenvalue weighted by Gasteiger charge is -2.32. The zero-order valence-corrected chi connectivity index (χ0v) is 8.49. The number of ether oxygens (including phenoxy) is 2. The molecular formula is C10H17NO3. The molecule has 1 aliphatic carbocycles. The summed E-state index contributed by atoms with van der Waals surface area (Å²) in [7, 11) is 1.38. The Bertz CT molecular complexity index is 238. The zero-order valence-electron chi connectivity index (χ0n) is 8.49. The minimum absolute atomic E-state index is 0.0779. The molecule has 2 aliphatic rings. The number of rotatable bonds is 2. The molecule has 4 heteroatoms. The van der Waals surface area contributed by atoms with Crippen LogP contribution in [0.25, 0.3) is 0 Å². The van der Waals surface area contributed by atoms with Crippen LogP contribution in [0.5, 0.6) is 0 Å². The van der Waals surface area contributed by atoms with Gasteiger partial charge < -0.3 is 15.2 Å². The number of methoxy groups -OCH3 is 1. The fourth-order valence-corrected chi connectivity index (χ4v) is 2.19. The van der Waals surface area contributed by atoms with Crippen molar-refractivity contribution in [3.05, 3.63) is 0 Å². The van der Waals surface area contributed by atoms with Gasteiger partial charge in [0.1, 0.15) is 6.04 Å². The van der Waals surface area contributed by atoms with Crippen molar-refractivity contribution in [1.82, 2.24) is 0 Å². The van der Waals surface area contributed by atoms with Gasteiger partial charge in [-0.25, -0.2) is 0 Å². The van der Waals surface area contributed by atoms with Crippen LogP contribution in [0, 0.1) is 5.92 Å². The maximum Gasteiger partial charge on any atom is 0.322 e. The largest absolute Gasteiger partial charge is 0.468 e. The Morgan fingerprint density at radius 2 is 2.36 bits per heavy atom. The predicted molar refractivity (Wildman–Crippen MR) is 50.6 cm³/mol. The van der Waals surface area contributed by atoms with E-state index in [-0.39, 0.29) is 17.5 Å². The lowest BCUT2D eigenvalue weighted by atomic mass is 9.88. The minimum Gasteiger partial charge on any atom is -0.468 e. The highest BCUT2D eigenvalue weighted by atomic mass is 16.5. The third-order valence-electron chi connectivity index (χ3n) is 3.32. The first-order chi connectivity index (χ1) is 6.67. The van der Waals surface area contributed by atoms with Crippen molar-refractivity contribution in [3.8, 4) is 0 Å². The van der Waals surface area contributed by atoms with Crippen molar-refractivity contribution in [1.29, 1.82) is 0 Å². The normalized spacial score (nSPS) is 31.1. The summed E-state index contributed by atoms with van der Waals surface area (Å²) in [4.78, 5) is 11.3. The molecule has 0 bridgehead atoms. The molecule has 14 heavy (non-hydrogen) atoms. The smallest absolute Gasteiger partial charge is 0.322 e. The van der Waals surface area contributed by atoms with Gasteiger partial charge in [0.05, 0.1) is 12.7 Å². The topological polar surface area (TPSA) is 61.5 Å². The Morgan fingerprint density at radius 1 is 1.64 bits per heavy atom. The van der Waals surface area contributed by atoms with Gasteiger partial charge in [0, 0.05) is 6.61 Å². The molecule has 2 N–H and O–H groups in total. The molecule has 2 fully saturated rings. The van der Waals surface area contributed by atoms with E-state index in [0.29, 0.717) is 0 Å². The number of esters is 1. The van der Waals surface area contributed by atoms with Crippen molar-refractivity contribution in [2.24, 2.45) is 11.7 Å². The standard InChI is InChI=1S/C10H17NO3/c1-13-9(12)8(11)7-2-5-14-10(6-7)3-4-10/h7-8H,2-6,11H2,1H3. The van der Waals surface area contributed by atoms with E-state index in [2.05, 4.69) is 4.74 Å². The molecule has 1 heterocycles. The predicted octanol–water partition coefficient (Wildman–Crippen LogP) is 0.446. The van der Waals surface area contributed by atoms with E-state index >= 15 is 0 Å². The summed E-state index contributed by atoms with van der Waals surface area (Å²) < 4.78 is 10.3. The van der Waals surface area contributed by atoms with E-state index in [9.17, 15) is 4.79 Å². The van der Waals surface area contributed by atoms with Crippen molar-refractivity contribution in [3.63, 3.8) is 0 Å². The summed E-state index contributed by atoms with van der Waals surface area (Å²) in [6, 6.07) is -0.471. The molecule has 1 aliphatic heterocycles. The Labute approximate surface area is 83.7 Å². The average Bonchev–Trinajstić information content (AvgIpc) is 2.95.